The van der Waals surface area contributed by atoms with E-state index in [0.29, 0.717) is 13.2 Å². The zero-order valence-electron chi connectivity index (χ0n) is 13.5. The molecule has 0 heterocycles. The topological polar surface area (TPSA) is 53.6 Å². The molecule has 0 aromatic heterocycles. The Bertz CT molecular complexity index is 449. The molecule has 0 aliphatic rings. The number of hydrogen-bond acceptors (Lipinski definition) is 4. The molecule has 1 rings (SSSR count). The Hall–Kier alpha value is -1.59. The number of benzene rings is 1. The molecule has 5 nitrogen and oxygen atoms in total. The van der Waals surface area contributed by atoms with Gasteiger partial charge in [-0.25, -0.2) is 0 Å². The van der Waals surface area contributed by atoms with E-state index < -0.39 is 0 Å². The molecule has 2 N–H and O–H groups in total. The van der Waals surface area contributed by atoms with E-state index in [0.717, 1.165) is 25.3 Å². The summed E-state index contributed by atoms with van der Waals surface area (Å²) in [5, 5.41) is 6.01. The number of amides is 1. The van der Waals surface area contributed by atoms with Gasteiger partial charge in [0, 0.05) is 39.5 Å². The number of carbonyl (C=O) groups excluding carboxylic acids is 1. The molecule has 0 fully saturated rings. The minimum atomic E-state index is 0.0276. The van der Waals surface area contributed by atoms with Crippen LogP contribution in [-0.2, 0) is 16.1 Å². The fourth-order valence-electron chi connectivity index (χ4n) is 2.11. The summed E-state index contributed by atoms with van der Waals surface area (Å²) in [5.74, 6) is 0.0276. The van der Waals surface area contributed by atoms with Gasteiger partial charge in [0.25, 0.3) is 0 Å². The predicted molar refractivity (Wildman–Crippen MR) is 86.7 cm³/mol. The lowest BCUT2D eigenvalue weighted by Gasteiger charge is -2.23. The molecule has 21 heavy (non-hydrogen) atoms. The van der Waals surface area contributed by atoms with Crippen LogP contribution in [0.5, 0.6) is 0 Å². The lowest BCUT2D eigenvalue weighted by atomic mass is 10.1. The molecule has 0 aliphatic carbocycles. The van der Waals surface area contributed by atoms with Crippen molar-refractivity contribution in [1.29, 1.82) is 0 Å². The van der Waals surface area contributed by atoms with E-state index in [1.165, 1.54) is 11.1 Å². The van der Waals surface area contributed by atoms with E-state index in [-0.39, 0.29) is 5.91 Å². The SMILES string of the molecule is CCN(CC(=O)NC)c1ccc(CNCCOC)c(C)c1. The maximum Gasteiger partial charge on any atom is 0.239 e. The number of ether oxygens (including phenoxy) is 1. The maximum absolute atomic E-state index is 11.5. The molecule has 1 aromatic carbocycles. The molecular weight excluding hydrogens is 266 g/mol. The van der Waals surface area contributed by atoms with E-state index in [2.05, 4.69) is 47.6 Å². The maximum atomic E-state index is 11.5. The first kappa shape index (κ1) is 17.5. The second-order valence-corrected chi connectivity index (χ2v) is 4.97. The van der Waals surface area contributed by atoms with E-state index in [9.17, 15) is 4.79 Å². The quantitative estimate of drug-likeness (QED) is 0.674. The van der Waals surface area contributed by atoms with Crippen molar-refractivity contribution < 1.29 is 9.53 Å². The number of nitrogens with zero attached hydrogens (tertiary/aromatic N) is 1. The molecule has 1 aromatic rings. The van der Waals surface area contributed by atoms with Crippen molar-refractivity contribution in [2.45, 2.75) is 20.4 Å². The van der Waals surface area contributed by atoms with Crippen LogP contribution in [0.4, 0.5) is 5.69 Å². The summed E-state index contributed by atoms with van der Waals surface area (Å²) in [6.45, 7) is 7.73. The second-order valence-electron chi connectivity index (χ2n) is 4.97. The summed E-state index contributed by atoms with van der Waals surface area (Å²) in [4.78, 5) is 13.6. The third-order valence-corrected chi connectivity index (χ3v) is 3.48. The number of carbonyl (C=O) groups is 1. The van der Waals surface area contributed by atoms with E-state index in [4.69, 9.17) is 4.74 Å². The summed E-state index contributed by atoms with van der Waals surface area (Å²) in [6.07, 6.45) is 0. The number of methoxy groups -OCH3 is 1. The molecule has 0 saturated heterocycles. The number of nitrogens with one attached hydrogen (secondary N) is 2. The van der Waals surface area contributed by atoms with Gasteiger partial charge in [0.15, 0.2) is 0 Å². The highest BCUT2D eigenvalue weighted by molar-refractivity contribution is 5.81. The zero-order valence-corrected chi connectivity index (χ0v) is 13.5. The van der Waals surface area contributed by atoms with Crippen molar-refractivity contribution in [3.63, 3.8) is 0 Å². The van der Waals surface area contributed by atoms with Gasteiger partial charge in [-0.3, -0.25) is 4.79 Å². The van der Waals surface area contributed by atoms with Crippen molar-refractivity contribution in [1.82, 2.24) is 10.6 Å². The van der Waals surface area contributed by atoms with Crippen molar-refractivity contribution >= 4 is 11.6 Å². The average Bonchev–Trinajstić information content (AvgIpc) is 2.50. The summed E-state index contributed by atoms with van der Waals surface area (Å²) in [7, 11) is 3.36. The summed E-state index contributed by atoms with van der Waals surface area (Å²) in [6, 6.07) is 6.34. The average molecular weight is 293 g/mol. The fraction of sp³-hybridized carbons (Fsp3) is 0.562. The fourth-order valence-corrected chi connectivity index (χ4v) is 2.11. The molecule has 0 bridgehead atoms. The van der Waals surface area contributed by atoms with Gasteiger partial charge in [-0.1, -0.05) is 6.07 Å². The van der Waals surface area contributed by atoms with Gasteiger partial charge >= 0.3 is 0 Å². The van der Waals surface area contributed by atoms with Crippen LogP contribution in [0.1, 0.15) is 18.1 Å². The summed E-state index contributed by atoms with van der Waals surface area (Å²) >= 11 is 0. The Kier molecular flexibility index (Phi) is 7.79. The number of anilines is 1. The molecule has 0 spiro atoms. The van der Waals surface area contributed by atoms with Gasteiger partial charge in [-0.05, 0) is 37.1 Å². The molecule has 118 valence electrons. The van der Waals surface area contributed by atoms with Crippen LogP contribution in [0.25, 0.3) is 0 Å². The Labute approximate surface area is 127 Å². The molecule has 0 aliphatic heterocycles. The van der Waals surface area contributed by atoms with E-state index >= 15 is 0 Å². The van der Waals surface area contributed by atoms with Gasteiger partial charge in [0.1, 0.15) is 0 Å². The lowest BCUT2D eigenvalue weighted by Crippen LogP contribution is -2.35. The Morgan fingerprint density at radius 2 is 2.14 bits per heavy atom. The Balaban J connectivity index is 2.68. The predicted octanol–water partition coefficient (Wildman–Crippen LogP) is 1.30. The van der Waals surface area contributed by atoms with Crippen LogP contribution in [0, 0.1) is 6.92 Å². The normalized spacial score (nSPS) is 10.5. The third-order valence-electron chi connectivity index (χ3n) is 3.48. The molecule has 0 radical (unpaired) electrons. The number of rotatable bonds is 9. The molecular formula is C16H27N3O2. The number of aryl methyl sites for hydroxylation is 1. The van der Waals surface area contributed by atoms with Crippen molar-refractivity contribution in [3.05, 3.63) is 29.3 Å². The standard InChI is InChI=1S/C16H27N3O2/c1-5-19(12-16(20)17-3)15-7-6-14(13(2)10-15)11-18-8-9-21-4/h6-7,10,18H,5,8-9,11-12H2,1-4H3,(H,17,20). The van der Waals surface area contributed by atoms with Crippen molar-refractivity contribution in [2.75, 3.05) is 45.3 Å². The highest BCUT2D eigenvalue weighted by atomic mass is 16.5. The van der Waals surface area contributed by atoms with Crippen LogP contribution in [-0.4, -0.2) is 46.3 Å². The second kappa shape index (κ2) is 9.37. The van der Waals surface area contributed by atoms with E-state index in [1.54, 1.807) is 14.2 Å². The van der Waals surface area contributed by atoms with Crippen molar-refractivity contribution in [3.8, 4) is 0 Å². The van der Waals surface area contributed by atoms with E-state index in [1.807, 2.05) is 0 Å². The smallest absolute Gasteiger partial charge is 0.239 e. The minimum Gasteiger partial charge on any atom is -0.383 e. The van der Waals surface area contributed by atoms with Crippen LogP contribution < -0.4 is 15.5 Å². The van der Waals surface area contributed by atoms with Crippen LogP contribution in [0.15, 0.2) is 18.2 Å². The molecule has 0 atom stereocenters. The molecule has 5 heteroatoms. The van der Waals surface area contributed by atoms with Gasteiger partial charge in [-0.2, -0.15) is 0 Å². The first-order valence-corrected chi connectivity index (χ1v) is 7.37. The third kappa shape index (κ3) is 5.73. The Morgan fingerprint density at radius 1 is 1.38 bits per heavy atom. The monoisotopic (exact) mass is 293 g/mol. The van der Waals surface area contributed by atoms with Gasteiger partial charge in [0.05, 0.1) is 13.2 Å². The van der Waals surface area contributed by atoms with Crippen molar-refractivity contribution in [2.24, 2.45) is 0 Å². The molecule has 0 unspecified atom stereocenters. The van der Waals surface area contributed by atoms with Gasteiger partial charge in [0.2, 0.25) is 5.91 Å². The van der Waals surface area contributed by atoms with Crippen LogP contribution in [0.2, 0.25) is 0 Å². The summed E-state index contributed by atoms with van der Waals surface area (Å²) in [5.41, 5.74) is 3.58. The Morgan fingerprint density at radius 3 is 2.71 bits per heavy atom. The molecule has 0 saturated carbocycles. The lowest BCUT2D eigenvalue weighted by molar-refractivity contribution is -0.119. The van der Waals surface area contributed by atoms with Crippen LogP contribution >= 0.6 is 0 Å². The highest BCUT2D eigenvalue weighted by Crippen LogP contribution is 2.19. The number of hydrogen-bond donors (Lipinski definition) is 2. The highest BCUT2D eigenvalue weighted by Gasteiger charge is 2.10. The largest absolute Gasteiger partial charge is 0.383 e. The van der Waals surface area contributed by atoms with Gasteiger partial charge in [-0.15, -0.1) is 0 Å². The molecule has 1 amide bonds. The first-order valence-electron chi connectivity index (χ1n) is 7.37. The summed E-state index contributed by atoms with van der Waals surface area (Å²) < 4.78 is 5.02. The first-order chi connectivity index (χ1) is 10.1. The van der Waals surface area contributed by atoms with Gasteiger partial charge < -0.3 is 20.3 Å². The van der Waals surface area contributed by atoms with Crippen LogP contribution in [0.3, 0.4) is 0 Å². The number of likely N-dealkylation sites (N-methyl/N-ethyl adjacent to an activating group) is 2. The minimum absolute atomic E-state index is 0.0276. The zero-order chi connectivity index (χ0) is 15.7.